The van der Waals surface area contributed by atoms with Crippen molar-refractivity contribution >= 4 is 22.8 Å². The van der Waals surface area contributed by atoms with Crippen molar-refractivity contribution in [1.29, 1.82) is 0 Å². The lowest BCUT2D eigenvalue weighted by atomic mass is 9.94. The van der Waals surface area contributed by atoms with E-state index in [1.54, 1.807) is 11.3 Å². The van der Waals surface area contributed by atoms with E-state index in [9.17, 15) is 0 Å². The maximum absolute atomic E-state index is 4.86. The summed E-state index contributed by atoms with van der Waals surface area (Å²) in [5, 5.41) is 17.5. The van der Waals surface area contributed by atoms with Crippen LogP contribution < -0.4 is 4.90 Å². The van der Waals surface area contributed by atoms with Crippen molar-refractivity contribution in [2.45, 2.75) is 19.4 Å². The highest BCUT2D eigenvalue weighted by Crippen LogP contribution is 2.32. The number of fused-ring (bicyclic) bond motifs is 2. The second-order valence-corrected chi connectivity index (χ2v) is 7.10. The van der Waals surface area contributed by atoms with Gasteiger partial charge in [0.2, 0.25) is 0 Å². The fraction of sp³-hybridized carbons (Fsp3) is 0.211. The van der Waals surface area contributed by atoms with Gasteiger partial charge in [0.15, 0.2) is 11.5 Å². The minimum absolute atomic E-state index is 0.302. The number of benzene rings is 1. The number of nitrogens with zero attached hydrogens (tertiary/aromatic N) is 5. The van der Waals surface area contributed by atoms with Gasteiger partial charge in [-0.3, -0.25) is 0 Å². The van der Waals surface area contributed by atoms with E-state index in [0.29, 0.717) is 6.04 Å². The number of aromatic nitrogens is 4. The van der Waals surface area contributed by atoms with Crippen LogP contribution in [0.5, 0.6) is 0 Å². The molecule has 1 unspecified atom stereocenters. The maximum atomic E-state index is 4.86. The quantitative estimate of drug-likeness (QED) is 0.550. The van der Waals surface area contributed by atoms with Crippen LogP contribution in [0, 0.1) is 0 Å². The van der Waals surface area contributed by atoms with Crippen LogP contribution in [0.15, 0.2) is 53.2 Å². The van der Waals surface area contributed by atoms with Gasteiger partial charge in [0, 0.05) is 17.5 Å². The van der Waals surface area contributed by atoms with Crippen LogP contribution in [0.3, 0.4) is 0 Å². The third-order valence-corrected chi connectivity index (χ3v) is 5.60. The maximum Gasteiger partial charge on any atom is 0.186 e. The molecule has 1 atom stereocenters. The van der Waals surface area contributed by atoms with Crippen molar-refractivity contribution < 1.29 is 0 Å². The lowest BCUT2D eigenvalue weighted by molar-refractivity contribution is 0.611. The van der Waals surface area contributed by atoms with Gasteiger partial charge in [0.05, 0.1) is 6.04 Å². The van der Waals surface area contributed by atoms with Crippen molar-refractivity contribution in [1.82, 2.24) is 19.8 Å². The highest BCUT2D eigenvalue weighted by atomic mass is 32.1. The first-order valence-corrected chi connectivity index (χ1v) is 9.35. The SMILES string of the molecule is CC1c2ccccc2CCN1c1ccc2nnc(-c3ccsc3)n2n1. The average molecular weight is 347 g/mol. The predicted octanol–water partition coefficient (Wildman–Crippen LogP) is 3.98. The Bertz CT molecular complexity index is 1040. The first kappa shape index (κ1) is 14.6. The standard InChI is InChI=1S/C19H17N5S/c1-13-16-5-3-2-4-14(16)8-10-23(13)18-7-6-17-20-21-19(24(17)22-18)15-9-11-25-12-15/h2-7,9,11-13H,8,10H2,1H3. The highest BCUT2D eigenvalue weighted by molar-refractivity contribution is 7.08. The van der Waals surface area contributed by atoms with Crippen molar-refractivity contribution in [3.8, 4) is 11.4 Å². The fourth-order valence-electron chi connectivity index (χ4n) is 3.59. The summed E-state index contributed by atoms with van der Waals surface area (Å²) >= 11 is 1.65. The Morgan fingerprint density at radius 2 is 2.00 bits per heavy atom. The van der Waals surface area contributed by atoms with Crippen LogP contribution in [-0.4, -0.2) is 26.4 Å². The molecular formula is C19H17N5S. The molecule has 3 aromatic heterocycles. The van der Waals surface area contributed by atoms with E-state index in [1.165, 1.54) is 11.1 Å². The molecule has 4 heterocycles. The lowest BCUT2D eigenvalue weighted by Crippen LogP contribution is -2.34. The average Bonchev–Trinajstić information content (AvgIpc) is 3.31. The third-order valence-electron chi connectivity index (χ3n) is 4.92. The zero-order chi connectivity index (χ0) is 16.8. The molecule has 0 saturated heterocycles. The van der Waals surface area contributed by atoms with Crippen molar-refractivity contribution in [2.75, 3.05) is 11.4 Å². The van der Waals surface area contributed by atoms with Gasteiger partial charge in [0.1, 0.15) is 5.82 Å². The molecule has 6 heteroatoms. The fourth-order valence-corrected chi connectivity index (χ4v) is 4.22. The van der Waals surface area contributed by atoms with Gasteiger partial charge in [0.25, 0.3) is 0 Å². The smallest absolute Gasteiger partial charge is 0.186 e. The number of hydrogen-bond donors (Lipinski definition) is 0. The molecule has 0 aliphatic carbocycles. The van der Waals surface area contributed by atoms with E-state index >= 15 is 0 Å². The second kappa shape index (κ2) is 5.67. The molecule has 0 saturated carbocycles. The molecule has 0 bridgehead atoms. The molecule has 5 rings (SSSR count). The molecule has 0 radical (unpaired) electrons. The molecule has 124 valence electrons. The van der Waals surface area contributed by atoms with Gasteiger partial charge in [-0.05, 0) is 48.1 Å². The van der Waals surface area contributed by atoms with Gasteiger partial charge >= 0.3 is 0 Å². The molecule has 1 aliphatic rings. The molecule has 4 aromatic rings. The van der Waals surface area contributed by atoms with Crippen molar-refractivity contribution in [3.63, 3.8) is 0 Å². The van der Waals surface area contributed by atoms with Crippen LogP contribution in [0.1, 0.15) is 24.1 Å². The Hall–Kier alpha value is -2.73. The monoisotopic (exact) mass is 347 g/mol. The number of hydrogen-bond acceptors (Lipinski definition) is 5. The van der Waals surface area contributed by atoms with E-state index in [2.05, 4.69) is 57.7 Å². The Labute approximate surface area is 149 Å². The Kier molecular flexibility index (Phi) is 3.31. The minimum Gasteiger partial charge on any atom is -0.348 e. The van der Waals surface area contributed by atoms with Gasteiger partial charge in [-0.15, -0.1) is 15.3 Å². The number of rotatable bonds is 2. The zero-order valence-corrected chi connectivity index (χ0v) is 14.6. The summed E-state index contributed by atoms with van der Waals surface area (Å²) in [7, 11) is 0. The van der Waals surface area contributed by atoms with E-state index in [-0.39, 0.29) is 0 Å². The van der Waals surface area contributed by atoms with Crippen LogP contribution in [-0.2, 0) is 6.42 Å². The van der Waals surface area contributed by atoms with Crippen LogP contribution in [0.25, 0.3) is 17.0 Å². The van der Waals surface area contributed by atoms with E-state index in [1.807, 2.05) is 22.0 Å². The normalized spacial score (nSPS) is 17.0. The largest absolute Gasteiger partial charge is 0.348 e. The van der Waals surface area contributed by atoms with Crippen LogP contribution >= 0.6 is 11.3 Å². The predicted molar refractivity (Wildman–Crippen MR) is 100 cm³/mol. The molecule has 5 nitrogen and oxygen atoms in total. The van der Waals surface area contributed by atoms with E-state index in [4.69, 9.17) is 5.10 Å². The molecule has 1 aromatic carbocycles. The summed E-state index contributed by atoms with van der Waals surface area (Å²) in [5.41, 5.74) is 4.65. The minimum atomic E-state index is 0.302. The van der Waals surface area contributed by atoms with Crippen molar-refractivity contribution in [2.24, 2.45) is 0 Å². The Morgan fingerprint density at radius 1 is 1.08 bits per heavy atom. The van der Waals surface area contributed by atoms with Crippen molar-refractivity contribution in [3.05, 3.63) is 64.4 Å². The Morgan fingerprint density at radius 3 is 2.88 bits per heavy atom. The van der Waals surface area contributed by atoms with Gasteiger partial charge in [-0.2, -0.15) is 15.9 Å². The summed E-state index contributed by atoms with van der Waals surface area (Å²) in [5.74, 6) is 1.76. The van der Waals surface area contributed by atoms with Gasteiger partial charge in [-0.25, -0.2) is 0 Å². The summed E-state index contributed by atoms with van der Waals surface area (Å²) < 4.78 is 1.85. The van der Waals surface area contributed by atoms with Gasteiger partial charge in [-0.1, -0.05) is 24.3 Å². The molecule has 0 amide bonds. The lowest BCUT2D eigenvalue weighted by Gasteiger charge is -2.36. The van der Waals surface area contributed by atoms with E-state index < -0.39 is 0 Å². The molecular weight excluding hydrogens is 330 g/mol. The Balaban J connectivity index is 1.59. The van der Waals surface area contributed by atoms with Gasteiger partial charge < -0.3 is 4.90 Å². The van der Waals surface area contributed by atoms with Crippen LogP contribution in [0.4, 0.5) is 5.82 Å². The first-order valence-electron chi connectivity index (χ1n) is 8.41. The summed E-state index contributed by atoms with van der Waals surface area (Å²) in [4.78, 5) is 2.36. The molecule has 25 heavy (non-hydrogen) atoms. The molecule has 0 N–H and O–H groups in total. The first-order chi connectivity index (χ1) is 12.3. The molecule has 0 spiro atoms. The number of thiophene rings is 1. The summed E-state index contributed by atoms with van der Waals surface area (Å²) in [6.07, 6.45) is 1.04. The zero-order valence-electron chi connectivity index (χ0n) is 13.8. The highest BCUT2D eigenvalue weighted by Gasteiger charge is 2.25. The second-order valence-electron chi connectivity index (χ2n) is 6.32. The van der Waals surface area contributed by atoms with E-state index in [0.717, 1.165) is 35.8 Å². The molecule has 0 fully saturated rings. The summed E-state index contributed by atoms with van der Waals surface area (Å²) in [6, 6.07) is 15.1. The summed E-state index contributed by atoms with van der Waals surface area (Å²) in [6.45, 7) is 3.21. The topological polar surface area (TPSA) is 46.3 Å². The third kappa shape index (κ3) is 2.33. The number of anilines is 1. The van der Waals surface area contributed by atoms with Crippen LogP contribution in [0.2, 0.25) is 0 Å². The molecule has 1 aliphatic heterocycles.